The minimum Gasteiger partial charge on any atom is -0.450 e. The third-order valence-corrected chi connectivity index (χ3v) is 4.54. The number of carbonyl (C=O) groups excluding carboxylic acids is 2. The van der Waals surface area contributed by atoms with Crippen LogP contribution in [0, 0.1) is 11.3 Å². The molecule has 0 bridgehead atoms. The van der Waals surface area contributed by atoms with E-state index in [9.17, 15) is 9.59 Å². The number of carbonyl (C=O) groups is 2. The molecule has 0 spiro atoms. The number of nitrogens with one attached hydrogen (secondary N) is 2. The maximum Gasteiger partial charge on any atom is 0.414 e. The lowest BCUT2D eigenvalue weighted by atomic mass is 10.1. The largest absolute Gasteiger partial charge is 0.450 e. The summed E-state index contributed by atoms with van der Waals surface area (Å²) >= 11 is 18.5. The van der Waals surface area contributed by atoms with E-state index in [-0.39, 0.29) is 45.0 Å². The molecule has 1 aromatic heterocycles. The number of amides is 2. The van der Waals surface area contributed by atoms with Crippen LogP contribution >= 0.6 is 34.8 Å². The van der Waals surface area contributed by atoms with Crippen LogP contribution in [0.4, 0.5) is 10.5 Å². The summed E-state index contributed by atoms with van der Waals surface area (Å²) in [6.07, 6.45) is -1.00. The molecule has 1 heterocycles. The van der Waals surface area contributed by atoms with E-state index >= 15 is 0 Å². The summed E-state index contributed by atoms with van der Waals surface area (Å²) < 4.78 is 10.2. The van der Waals surface area contributed by atoms with Gasteiger partial charge in [-0.05, 0) is 30.5 Å². The second-order valence-corrected chi connectivity index (χ2v) is 7.49. The highest BCUT2D eigenvalue weighted by atomic mass is 35.5. The van der Waals surface area contributed by atoms with Crippen LogP contribution in [-0.4, -0.2) is 34.5 Å². The molecule has 0 atom stereocenters. The van der Waals surface area contributed by atoms with Crippen LogP contribution in [0.5, 0.6) is 11.6 Å². The first-order chi connectivity index (χ1) is 15.2. The summed E-state index contributed by atoms with van der Waals surface area (Å²) in [5.41, 5.74) is 2.83. The van der Waals surface area contributed by atoms with Crippen molar-refractivity contribution in [2.75, 3.05) is 12.0 Å². The van der Waals surface area contributed by atoms with Crippen molar-refractivity contribution in [2.24, 2.45) is 5.10 Å². The number of nitrogens with zero attached hydrogens (tertiary/aromatic N) is 4. The molecule has 10 nitrogen and oxygen atoms in total. The van der Waals surface area contributed by atoms with Crippen molar-refractivity contribution in [3.63, 3.8) is 0 Å². The average Bonchev–Trinajstić information content (AvgIpc) is 2.72. The van der Waals surface area contributed by atoms with Crippen molar-refractivity contribution in [3.05, 3.63) is 39.0 Å². The SMILES string of the molecule is CCOC(=O)NC(=O)/C(C#N)=N/Nc1cc(Cl)c(Oc2cc(C(C)C)c(Cl)nn2)c(Cl)c1. The number of ether oxygens (including phenoxy) is 2. The van der Waals surface area contributed by atoms with Crippen LogP contribution < -0.4 is 15.5 Å². The van der Waals surface area contributed by atoms with Crippen LogP contribution in [0.15, 0.2) is 23.3 Å². The molecular formula is C19H17Cl3N6O4. The minimum atomic E-state index is -1.04. The molecule has 0 saturated heterocycles. The molecule has 0 aliphatic carbocycles. The lowest BCUT2D eigenvalue weighted by Crippen LogP contribution is -2.36. The number of rotatable bonds is 7. The summed E-state index contributed by atoms with van der Waals surface area (Å²) in [4.78, 5) is 23.2. The van der Waals surface area contributed by atoms with Gasteiger partial charge < -0.3 is 9.47 Å². The molecule has 2 amide bonds. The molecule has 0 radical (unpaired) electrons. The van der Waals surface area contributed by atoms with Gasteiger partial charge >= 0.3 is 6.09 Å². The van der Waals surface area contributed by atoms with E-state index in [1.165, 1.54) is 12.1 Å². The number of imide groups is 1. The minimum absolute atomic E-state index is 0.0577. The Hall–Kier alpha value is -3.13. The number of anilines is 1. The van der Waals surface area contributed by atoms with Gasteiger partial charge in [0.1, 0.15) is 6.07 Å². The van der Waals surface area contributed by atoms with Crippen LogP contribution in [0.25, 0.3) is 0 Å². The monoisotopic (exact) mass is 498 g/mol. The zero-order valence-corrected chi connectivity index (χ0v) is 19.3. The van der Waals surface area contributed by atoms with Gasteiger partial charge in [-0.25, -0.2) is 4.79 Å². The Bertz CT molecular complexity index is 1080. The van der Waals surface area contributed by atoms with E-state index < -0.39 is 17.7 Å². The molecule has 2 rings (SSSR count). The zero-order chi connectivity index (χ0) is 23.8. The maximum absolute atomic E-state index is 11.9. The van der Waals surface area contributed by atoms with Gasteiger partial charge in [-0.2, -0.15) is 10.4 Å². The Balaban J connectivity index is 2.19. The van der Waals surface area contributed by atoms with Crippen molar-refractivity contribution in [1.29, 1.82) is 5.26 Å². The van der Waals surface area contributed by atoms with Crippen LogP contribution in [-0.2, 0) is 9.53 Å². The summed E-state index contributed by atoms with van der Waals surface area (Å²) in [5, 5.41) is 22.8. The Morgan fingerprint density at radius 3 is 2.41 bits per heavy atom. The number of benzene rings is 1. The van der Waals surface area contributed by atoms with E-state index in [4.69, 9.17) is 44.8 Å². The highest BCUT2D eigenvalue weighted by Gasteiger charge is 2.17. The molecule has 0 saturated carbocycles. The van der Waals surface area contributed by atoms with E-state index in [0.29, 0.717) is 0 Å². The number of aromatic nitrogens is 2. The number of hydrogen-bond donors (Lipinski definition) is 2. The molecule has 13 heteroatoms. The fourth-order valence-corrected chi connectivity index (χ4v) is 3.09. The topological polar surface area (TPSA) is 139 Å². The van der Waals surface area contributed by atoms with Gasteiger partial charge in [0.25, 0.3) is 5.91 Å². The van der Waals surface area contributed by atoms with E-state index in [0.717, 1.165) is 5.56 Å². The predicted molar refractivity (Wildman–Crippen MR) is 120 cm³/mol. The lowest BCUT2D eigenvalue weighted by Gasteiger charge is -2.12. The van der Waals surface area contributed by atoms with E-state index in [2.05, 4.69) is 25.5 Å². The van der Waals surface area contributed by atoms with Crippen molar-refractivity contribution < 1.29 is 19.1 Å². The quantitative estimate of drug-likeness (QED) is 0.404. The second kappa shape index (κ2) is 11.5. The predicted octanol–water partition coefficient (Wildman–Crippen LogP) is 4.92. The van der Waals surface area contributed by atoms with Crippen LogP contribution in [0.3, 0.4) is 0 Å². The first-order valence-corrected chi connectivity index (χ1v) is 10.2. The van der Waals surface area contributed by atoms with Gasteiger partial charge in [0.2, 0.25) is 11.6 Å². The maximum atomic E-state index is 11.9. The average molecular weight is 500 g/mol. The molecule has 2 aromatic rings. The van der Waals surface area contributed by atoms with Crippen molar-refractivity contribution in [2.45, 2.75) is 26.7 Å². The van der Waals surface area contributed by atoms with Crippen molar-refractivity contribution in [3.8, 4) is 17.7 Å². The molecule has 168 valence electrons. The highest BCUT2D eigenvalue weighted by molar-refractivity contribution is 6.47. The lowest BCUT2D eigenvalue weighted by molar-refractivity contribution is -0.114. The Kier molecular flexibility index (Phi) is 9.02. The van der Waals surface area contributed by atoms with Gasteiger partial charge in [0.05, 0.1) is 22.3 Å². The Morgan fingerprint density at radius 2 is 1.84 bits per heavy atom. The summed E-state index contributed by atoms with van der Waals surface area (Å²) in [6, 6.07) is 5.99. The second-order valence-electron chi connectivity index (χ2n) is 6.31. The first-order valence-electron chi connectivity index (χ1n) is 9.08. The van der Waals surface area contributed by atoms with Gasteiger partial charge in [0, 0.05) is 6.07 Å². The van der Waals surface area contributed by atoms with Gasteiger partial charge in [-0.1, -0.05) is 48.7 Å². The molecule has 1 aromatic carbocycles. The molecule has 0 aliphatic heterocycles. The van der Waals surface area contributed by atoms with Gasteiger partial charge in [0.15, 0.2) is 10.9 Å². The Labute approximate surface area is 198 Å². The van der Waals surface area contributed by atoms with Crippen molar-refractivity contribution >= 4 is 58.2 Å². The van der Waals surface area contributed by atoms with Crippen LogP contribution in [0.1, 0.15) is 32.3 Å². The molecule has 0 fully saturated rings. The number of nitriles is 1. The number of alkyl carbamates (subject to hydrolysis) is 1. The fraction of sp³-hybridized carbons (Fsp3) is 0.263. The first kappa shape index (κ1) is 25.1. The zero-order valence-electron chi connectivity index (χ0n) is 17.1. The normalized spacial score (nSPS) is 11.0. The van der Waals surface area contributed by atoms with Crippen molar-refractivity contribution in [1.82, 2.24) is 15.5 Å². The molecule has 2 N–H and O–H groups in total. The number of hydrazone groups is 1. The van der Waals surface area contributed by atoms with E-state index in [1.54, 1.807) is 19.1 Å². The molecule has 32 heavy (non-hydrogen) atoms. The number of halogens is 3. The summed E-state index contributed by atoms with van der Waals surface area (Å²) in [6.45, 7) is 5.50. The van der Waals surface area contributed by atoms with Gasteiger partial charge in [-0.3, -0.25) is 15.5 Å². The fourth-order valence-electron chi connectivity index (χ4n) is 2.22. The standard InChI is InChI=1S/C19H17Cl3N6O4/c1-4-31-19(30)24-18(29)14(8-23)26-25-10-5-12(20)16(13(21)6-10)32-15-7-11(9(2)3)17(22)28-27-15/h5-7,9,25H,4H2,1-3H3,(H,24,29,30)/b26-14+. The summed E-state index contributed by atoms with van der Waals surface area (Å²) in [7, 11) is 0. The molecule has 0 aliphatic rings. The molecule has 0 unspecified atom stereocenters. The Morgan fingerprint density at radius 1 is 1.19 bits per heavy atom. The smallest absolute Gasteiger partial charge is 0.414 e. The third kappa shape index (κ3) is 6.68. The third-order valence-electron chi connectivity index (χ3n) is 3.69. The van der Waals surface area contributed by atoms with Crippen LogP contribution in [0.2, 0.25) is 15.2 Å². The van der Waals surface area contributed by atoms with Gasteiger partial charge in [-0.15, -0.1) is 10.2 Å². The molecular weight excluding hydrogens is 483 g/mol. The highest BCUT2D eigenvalue weighted by Crippen LogP contribution is 2.39. The van der Waals surface area contributed by atoms with E-state index in [1.807, 2.05) is 19.2 Å². The number of hydrogen-bond acceptors (Lipinski definition) is 9. The summed E-state index contributed by atoms with van der Waals surface area (Å²) in [5.74, 6) is -0.707.